The molecule has 23 heavy (non-hydrogen) atoms. The van der Waals surface area contributed by atoms with E-state index in [-0.39, 0.29) is 11.1 Å². The van der Waals surface area contributed by atoms with Crippen LogP contribution in [0.4, 0.5) is 5.69 Å². The fourth-order valence-corrected chi connectivity index (χ4v) is 3.84. The van der Waals surface area contributed by atoms with Gasteiger partial charge in [-0.05, 0) is 57.3 Å². The van der Waals surface area contributed by atoms with E-state index in [0.29, 0.717) is 12.8 Å². The van der Waals surface area contributed by atoms with Gasteiger partial charge >= 0.3 is 17.9 Å². The lowest BCUT2D eigenvalue weighted by Gasteiger charge is -2.29. The van der Waals surface area contributed by atoms with E-state index in [2.05, 4.69) is 5.32 Å². The van der Waals surface area contributed by atoms with E-state index in [0.717, 1.165) is 0 Å². The van der Waals surface area contributed by atoms with Crippen LogP contribution >= 0.6 is 45.2 Å². The average Bonchev–Trinajstić information content (AvgIpc) is 2.38. The van der Waals surface area contributed by atoms with E-state index >= 15 is 0 Å². The van der Waals surface area contributed by atoms with Crippen LogP contribution in [0.1, 0.15) is 24.2 Å². The molecule has 2 N–H and O–H groups in total. The summed E-state index contributed by atoms with van der Waals surface area (Å²) in [6.45, 7) is 2.92. The summed E-state index contributed by atoms with van der Waals surface area (Å²) in [5.41, 5.74) is 0.461. The Labute approximate surface area is 158 Å². The Morgan fingerprint density at radius 2 is 1.65 bits per heavy atom. The molecule has 1 aliphatic heterocycles. The van der Waals surface area contributed by atoms with Crippen LogP contribution < -0.4 is 5.32 Å². The molecule has 1 aromatic rings. The highest BCUT2D eigenvalue weighted by atomic mass is 127. The molecule has 0 bridgehead atoms. The Kier molecular flexibility index (Phi) is 5.18. The second-order valence-electron chi connectivity index (χ2n) is 5.00. The van der Waals surface area contributed by atoms with Crippen LogP contribution in [-0.2, 0) is 19.1 Å². The SMILES string of the molecule is CC1(C)OC(=O)C(=CNc2c(I)cc(C(=O)O)cc2I)C(=O)O1. The molecule has 1 aromatic carbocycles. The number of carboxylic acids is 1. The maximum Gasteiger partial charge on any atom is 0.350 e. The summed E-state index contributed by atoms with van der Waals surface area (Å²) in [7, 11) is 0. The molecule has 2 rings (SSSR count). The lowest BCUT2D eigenvalue weighted by Crippen LogP contribution is -2.42. The van der Waals surface area contributed by atoms with Gasteiger partial charge in [0.15, 0.2) is 5.57 Å². The molecule has 122 valence electrons. The van der Waals surface area contributed by atoms with Crippen LogP contribution in [0.25, 0.3) is 0 Å². The number of esters is 2. The van der Waals surface area contributed by atoms with Gasteiger partial charge in [0, 0.05) is 27.2 Å². The minimum absolute atomic E-state index is 0.148. The van der Waals surface area contributed by atoms with Crippen molar-refractivity contribution in [3.05, 3.63) is 36.6 Å². The fourth-order valence-electron chi connectivity index (χ4n) is 1.76. The average molecular weight is 543 g/mol. The largest absolute Gasteiger partial charge is 0.478 e. The topological polar surface area (TPSA) is 102 Å². The van der Waals surface area contributed by atoms with Crippen molar-refractivity contribution >= 4 is 68.8 Å². The van der Waals surface area contributed by atoms with Gasteiger partial charge in [0.2, 0.25) is 0 Å². The van der Waals surface area contributed by atoms with Crippen molar-refractivity contribution in [1.82, 2.24) is 0 Å². The molecular weight excluding hydrogens is 532 g/mol. The van der Waals surface area contributed by atoms with Crippen molar-refractivity contribution in [3.63, 3.8) is 0 Å². The molecule has 1 saturated heterocycles. The van der Waals surface area contributed by atoms with Crippen LogP contribution in [0, 0.1) is 7.14 Å². The zero-order valence-electron chi connectivity index (χ0n) is 12.0. The molecule has 0 aliphatic carbocycles. The first-order valence-corrected chi connectivity index (χ1v) is 8.42. The second-order valence-corrected chi connectivity index (χ2v) is 7.33. The van der Waals surface area contributed by atoms with Gasteiger partial charge < -0.3 is 19.9 Å². The van der Waals surface area contributed by atoms with Crippen LogP contribution in [0.3, 0.4) is 0 Å². The van der Waals surface area contributed by atoms with E-state index < -0.39 is 23.7 Å². The number of hydrogen-bond donors (Lipinski definition) is 2. The fraction of sp³-hybridized carbons (Fsp3) is 0.214. The molecule has 0 unspecified atom stereocenters. The molecule has 7 nitrogen and oxygen atoms in total. The third kappa shape index (κ3) is 4.13. The minimum Gasteiger partial charge on any atom is -0.478 e. The highest BCUT2D eigenvalue weighted by molar-refractivity contribution is 14.1. The maximum absolute atomic E-state index is 11.8. The number of cyclic esters (lactones) is 2. The number of halogens is 2. The number of nitrogens with one attached hydrogen (secondary N) is 1. The lowest BCUT2D eigenvalue weighted by atomic mass is 10.2. The third-order valence-electron chi connectivity index (χ3n) is 2.77. The van der Waals surface area contributed by atoms with Crippen LogP contribution in [-0.4, -0.2) is 28.8 Å². The molecule has 0 aromatic heterocycles. The summed E-state index contributed by atoms with van der Waals surface area (Å²) < 4.78 is 11.2. The smallest absolute Gasteiger partial charge is 0.350 e. The van der Waals surface area contributed by atoms with Gasteiger partial charge in [0.1, 0.15) is 0 Å². The predicted octanol–water partition coefficient (Wildman–Crippen LogP) is 2.73. The van der Waals surface area contributed by atoms with Crippen LogP contribution in [0.5, 0.6) is 0 Å². The maximum atomic E-state index is 11.8. The van der Waals surface area contributed by atoms with Crippen molar-refractivity contribution in [1.29, 1.82) is 0 Å². The van der Waals surface area contributed by atoms with Gasteiger partial charge in [0.25, 0.3) is 5.79 Å². The number of hydrogen-bond acceptors (Lipinski definition) is 6. The second kappa shape index (κ2) is 6.63. The Hall–Kier alpha value is -1.37. The number of aromatic carboxylic acids is 1. The van der Waals surface area contributed by atoms with Crippen molar-refractivity contribution < 1.29 is 29.0 Å². The van der Waals surface area contributed by atoms with E-state index in [1.54, 1.807) is 0 Å². The van der Waals surface area contributed by atoms with Gasteiger partial charge in [-0.2, -0.15) is 0 Å². The molecule has 1 fully saturated rings. The number of ether oxygens (including phenoxy) is 2. The normalized spacial score (nSPS) is 16.4. The van der Waals surface area contributed by atoms with Crippen LogP contribution in [0.15, 0.2) is 23.9 Å². The molecule has 0 amide bonds. The van der Waals surface area contributed by atoms with E-state index in [1.807, 2.05) is 45.2 Å². The van der Waals surface area contributed by atoms with Gasteiger partial charge in [-0.1, -0.05) is 0 Å². The zero-order chi connectivity index (χ0) is 17.4. The molecule has 9 heteroatoms. The number of carbonyl (C=O) groups is 3. The molecule has 1 aliphatic rings. The summed E-state index contributed by atoms with van der Waals surface area (Å²) in [5, 5.41) is 11.8. The monoisotopic (exact) mass is 543 g/mol. The standard InChI is InChI=1S/C14H11I2NO6/c1-14(2)22-12(20)7(13(21)23-14)5-17-10-8(15)3-6(11(18)19)4-9(10)16/h3-5,17H,1-2H3,(H,18,19). The number of anilines is 1. The van der Waals surface area contributed by atoms with E-state index in [9.17, 15) is 14.4 Å². The van der Waals surface area contributed by atoms with Gasteiger partial charge in [0.05, 0.1) is 11.3 Å². The van der Waals surface area contributed by atoms with Crippen molar-refractivity contribution in [2.24, 2.45) is 0 Å². The minimum atomic E-state index is -1.29. The summed E-state index contributed by atoms with van der Waals surface area (Å²) in [4.78, 5) is 34.7. The van der Waals surface area contributed by atoms with Crippen molar-refractivity contribution in [3.8, 4) is 0 Å². The summed E-state index contributed by atoms with van der Waals surface area (Å²) >= 11 is 3.93. The van der Waals surface area contributed by atoms with Crippen molar-refractivity contribution in [2.45, 2.75) is 19.6 Å². The summed E-state index contributed by atoms with van der Waals surface area (Å²) in [5.74, 6) is -3.90. The Bertz CT molecular complexity index is 696. The van der Waals surface area contributed by atoms with E-state index in [4.69, 9.17) is 14.6 Å². The highest BCUT2D eigenvalue weighted by Crippen LogP contribution is 2.28. The lowest BCUT2D eigenvalue weighted by molar-refractivity contribution is -0.222. The van der Waals surface area contributed by atoms with Gasteiger partial charge in [-0.3, -0.25) is 0 Å². The number of carbonyl (C=O) groups excluding carboxylic acids is 2. The first-order valence-electron chi connectivity index (χ1n) is 6.26. The number of rotatable bonds is 3. The summed E-state index contributed by atoms with van der Waals surface area (Å²) in [6.07, 6.45) is 1.19. The Morgan fingerprint density at radius 3 is 2.09 bits per heavy atom. The molecule has 0 saturated carbocycles. The van der Waals surface area contributed by atoms with Crippen molar-refractivity contribution in [2.75, 3.05) is 5.32 Å². The summed E-state index contributed by atoms with van der Waals surface area (Å²) in [6, 6.07) is 2.96. The van der Waals surface area contributed by atoms with E-state index in [1.165, 1.54) is 32.2 Å². The van der Waals surface area contributed by atoms with Gasteiger partial charge in [-0.15, -0.1) is 0 Å². The third-order valence-corrected chi connectivity index (χ3v) is 4.47. The molecular formula is C14H11I2NO6. The highest BCUT2D eigenvalue weighted by Gasteiger charge is 2.39. The molecule has 0 spiro atoms. The first kappa shape index (κ1) is 18.0. The first-order chi connectivity index (χ1) is 10.6. The molecule has 1 heterocycles. The Morgan fingerprint density at radius 1 is 1.17 bits per heavy atom. The number of benzene rings is 1. The molecule has 0 radical (unpaired) electrons. The van der Waals surface area contributed by atoms with Crippen LogP contribution in [0.2, 0.25) is 0 Å². The zero-order valence-corrected chi connectivity index (χ0v) is 16.3. The molecule has 0 atom stereocenters. The predicted molar refractivity (Wildman–Crippen MR) is 96.8 cm³/mol. The van der Waals surface area contributed by atoms with Gasteiger partial charge in [-0.25, -0.2) is 14.4 Å². The quantitative estimate of drug-likeness (QED) is 0.262. The number of carboxylic acid groups (broad SMARTS) is 1. The Balaban J connectivity index is 2.28.